The smallest absolute Gasteiger partial charge is 0.310 e. The second-order valence-corrected chi connectivity index (χ2v) is 7.50. The molecule has 4 rings (SSSR count). The maximum atomic E-state index is 13.1. The number of urea groups is 1. The largest absolute Gasteiger partial charge is 0.328 e. The predicted octanol–water partition coefficient (Wildman–Crippen LogP) is 1.35. The van der Waals surface area contributed by atoms with Crippen molar-refractivity contribution in [1.82, 2.24) is 25.0 Å². The van der Waals surface area contributed by atoms with E-state index >= 15 is 0 Å². The molecule has 3 aliphatic heterocycles. The summed E-state index contributed by atoms with van der Waals surface area (Å²) in [5.74, 6) is -0.192. The van der Waals surface area contributed by atoms with E-state index in [-0.39, 0.29) is 30.9 Å². The van der Waals surface area contributed by atoms with E-state index in [4.69, 9.17) is 0 Å². The first kappa shape index (κ1) is 19.4. The molecule has 0 aromatic heterocycles. The van der Waals surface area contributed by atoms with Crippen molar-refractivity contribution < 1.29 is 9.59 Å². The topological polar surface area (TPSA) is 71.5 Å². The van der Waals surface area contributed by atoms with Crippen molar-refractivity contribution in [3.63, 3.8) is 0 Å². The molecule has 0 radical (unpaired) electrons. The number of nitrogens with zero attached hydrogens (tertiary/aromatic N) is 5. The number of benzene rings is 1. The minimum atomic E-state index is -0.450. The van der Waals surface area contributed by atoms with Crippen LogP contribution in [0.4, 0.5) is 4.79 Å². The Hall–Kier alpha value is -2.97. The van der Waals surface area contributed by atoms with Gasteiger partial charge in [0.15, 0.2) is 6.29 Å². The summed E-state index contributed by atoms with van der Waals surface area (Å²) < 4.78 is 0. The van der Waals surface area contributed by atoms with Crippen LogP contribution in [0.2, 0.25) is 0 Å². The fraction of sp³-hybridized carbons (Fsp3) is 0.381. The number of rotatable bonds is 5. The van der Waals surface area contributed by atoms with Gasteiger partial charge in [-0.3, -0.25) is 20.0 Å². The highest BCUT2D eigenvalue weighted by Crippen LogP contribution is 2.30. The Morgan fingerprint density at radius 3 is 2.72 bits per heavy atom. The molecular weight excluding hydrogens is 368 g/mol. The summed E-state index contributed by atoms with van der Waals surface area (Å²) in [6, 6.07) is 9.32. The van der Waals surface area contributed by atoms with Gasteiger partial charge in [0, 0.05) is 25.8 Å². The Balaban J connectivity index is 1.56. The maximum absolute atomic E-state index is 13.1. The van der Waals surface area contributed by atoms with Crippen LogP contribution in [0.15, 0.2) is 54.2 Å². The zero-order chi connectivity index (χ0) is 20.5. The summed E-state index contributed by atoms with van der Waals surface area (Å²) in [5.41, 5.74) is 2.05. The highest BCUT2D eigenvalue weighted by Gasteiger charge is 2.55. The third kappa shape index (κ3) is 3.45. The van der Waals surface area contributed by atoms with Crippen LogP contribution in [-0.2, 0) is 4.79 Å². The molecule has 3 aliphatic rings. The van der Waals surface area contributed by atoms with Crippen molar-refractivity contribution in [3.05, 3.63) is 54.6 Å². The summed E-state index contributed by atoms with van der Waals surface area (Å²) >= 11 is 0. The number of hydrogen-bond donors (Lipinski definition) is 1. The van der Waals surface area contributed by atoms with Crippen molar-refractivity contribution in [2.24, 2.45) is 5.10 Å². The summed E-state index contributed by atoms with van der Waals surface area (Å²) in [6.45, 7) is 7.00. The third-order valence-electron chi connectivity index (χ3n) is 5.47. The van der Waals surface area contributed by atoms with Crippen LogP contribution in [0, 0.1) is 0 Å². The van der Waals surface area contributed by atoms with Gasteiger partial charge >= 0.3 is 6.03 Å². The van der Waals surface area contributed by atoms with Gasteiger partial charge in [-0.15, -0.1) is 6.58 Å². The number of fused-ring (bicyclic) bond motifs is 3. The molecule has 0 spiro atoms. The molecule has 29 heavy (non-hydrogen) atoms. The van der Waals surface area contributed by atoms with Gasteiger partial charge in [0.25, 0.3) is 5.91 Å². The van der Waals surface area contributed by atoms with E-state index in [0.29, 0.717) is 13.1 Å². The molecule has 1 aromatic rings. The van der Waals surface area contributed by atoms with Crippen LogP contribution in [0.1, 0.15) is 12.5 Å². The van der Waals surface area contributed by atoms with E-state index in [1.165, 1.54) is 4.90 Å². The molecule has 1 N–H and O–H groups in total. The van der Waals surface area contributed by atoms with Crippen LogP contribution in [0.5, 0.6) is 0 Å². The first-order chi connectivity index (χ1) is 14.0. The highest BCUT2D eigenvalue weighted by molar-refractivity contribution is 6.01. The van der Waals surface area contributed by atoms with E-state index < -0.39 is 6.04 Å². The molecule has 8 heteroatoms. The van der Waals surface area contributed by atoms with E-state index in [1.807, 2.05) is 42.3 Å². The van der Waals surface area contributed by atoms with Crippen LogP contribution in [-0.4, -0.2) is 82.5 Å². The zero-order valence-corrected chi connectivity index (χ0v) is 16.7. The number of hydrazone groups is 1. The third-order valence-corrected chi connectivity index (χ3v) is 5.47. The quantitative estimate of drug-likeness (QED) is 0.764. The van der Waals surface area contributed by atoms with Crippen molar-refractivity contribution >= 4 is 23.7 Å². The van der Waals surface area contributed by atoms with E-state index in [0.717, 1.165) is 11.3 Å². The van der Waals surface area contributed by atoms with E-state index in [2.05, 4.69) is 34.0 Å². The lowest BCUT2D eigenvalue weighted by Gasteiger charge is -2.42. The first-order valence-electron chi connectivity index (χ1n) is 9.74. The summed E-state index contributed by atoms with van der Waals surface area (Å²) in [5, 5.41) is 10.0. The average molecular weight is 394 g/mol. The second-order valence-electron chi connectivity index (χ2n) is 7.50. The van der Waals surface area contributed by atoms with Gasteiger partial charge in [0.1, 0.15) is 12.2 Å². The van der Waals surface area contributed by atoms with Gasteiger partial charge in [0.2, 0.25) is 0 Å². The molecule has 2 saturated heterocycles. The average Bonchev–Trinajstić information content (AvgIpc) is 3.10. The van der Waals surface area contributed by atoms with Crippen molar-refractivity contribution in [2.75, 3.05) is 26.7 Å². The molecule has 0 aliphatic carbocycles. The molecule has 8 nitrogen and oxygen atoms in total. The second kappa shape index (κ2) is 7.81. The minimum absolute atomic E-state index is 0.192. The Kier molecular flexibility index (Phi) is 5.21. The summed E-state index contributed by atoms with van der Waals surface area (Å²) in [7, 11) is 1.72. The fourth-order valence-electron chi connectivity index (χ4n) is 4.15. The Bertz CT molecular complexity index is 867. The molecule has 152 valence electrons. The molecular formula is C21H26N6O2. The molecule has 3 atom stereocenters. The van der Waals surface area contributed by atoms with Gasteiger partial charge in [-0.1, -0.05) is 48.6 Å². The summed E-state index contributed by atoms with van der Waals surface area (Å²) in [4.78, 5) is 30.7. The molecule has 0 bridgehead atoms. The zero-order valence-electron chi connectivity index (χ0n) is 16.7. The minimum Gasteiger partial charge on any atom is -0.310 e. The Labute approximate surface area is 170 Å². The van der Waals surface area contributed by atoms with Gasteiger partial charge < -0.3 is 4.90 Å². The number of carbonyl (C=O) groups is 2. The lowest BCUT2D eigenvalue weighted by molar-refractivity contribution is -0.138. The molecule has 3 amide bonds. The molecule has 2 fully saturated rings. The van der Waals surface area contributed by atoms with Gasteiger partial charge in [-0.25, -0.2) is 9.69 Å². The van der Waals surface area contributed by atoms with Crippen LogP contribution in [0.25, 0.3) is 6.08 Å². The number of carbonyl (C=O) groups excluding carboxylic acids is 2. The maximum Gasteiger partial charge on any atom is 0.328 e. The standard InChI is InChI=1S/C21H26N6O2/c1-4-12-25-19(28)17-18(24(3)21(25)29)22-20-26(17)14-15(2)23-27(20)13-8-11-16-9-6-5-7-10-16/h4-11,17-18,20,22H,1,12-14H2,2-3H3/b11-8+. The van der Waals surface area contributed by atoms with Crippen LogP contribution >= 0.6 is 0 Å². The molecule has 3 heterocycles. The normalized spacial score (nSPS) is 27.3. The number of amides is 3. The lowest BCUT2D eigenvalue weighted by Crippen LogP contribution is -2.66. The molecule has 3 unspecified atom stereocenters. The lowest BCUT2D eigenvalue weighted by atomic mass is 10.1. The highest BCUT2D eigenvalue weighted by atomic mass is 16.2. The monoisotopic (exact) mass is 394 g/mol. The Morgan fingerprint density at radius 1 is 1.24 bits per heavy atom. The SMILES string of the molecule is C=CCN1C(=O)C2C(NC3N(C/C=C/c4ccccc4)N=C(C)CN23)N(C)C1=O. The predicted molar refractivity (Wildman–Crippen MR) is 112 cm³/mol. The molecule has 1 aromatic carbocycles. The van der Waals surface area contributed by atoms with Gasteiger partial charge in [-0.05, 0) is 12.5 Å². The van der Waals surface area contributed by atoms with Crippen molar-refractivity contribution in [3.8, 4) is 0 Å². The van der Waals surface area contributed by atoms with E-state index in [1.54, 1.807) is 18.0 Å². The fourth-order valence-corrected chi connectivity index (χ4v) is 4.15. The van der Waals surface area contributed by atoms with E-state index in [9.17, 15) is 9.59 Å². The number of imide groups is 1. The van der Waals surface area contributed by atoms with Gasteiger partial charge in [-0.2, -0.15) is 5.10 Å². The van der Waals surface area contributed by atoms with Crippen molar-refractivity contribution in [2.45, 2.75) is 25.4 Å². The van der Waals surface area contributed by atoms with Crippen LogP contribution in [0.3, 0.4) is 0 Å². The number of likely N-dealkylation sites (N-methyl/N-ethyl adjacent to an activating group) is 1. The number of nitrogens with one attached hydrogen (secondary N) is 1. The van der Waals surface area contributed by atoms with Gasteiger partial charge in [0.05, 0.1) is 6.54 Å². The van der Waals surface area contributed by atoms with Crippen molar-refractivity contribution in [1.29, 1.82) is 0 Å². The van der Waals surface area contributed by atoms with Crippen LogP contribution < -0.4 is 5.32 Å². The molecule has 0 saturated carbocycles. The first-order valence-corrected chi connectivity index (χ1v) is 9.74. The summed E-state index contributed by atoms with van der Waals surface area (Å²) in [6.07, 6.45) is 5.05. The Morgan fingerprint density at radius 2 is 2.00 bits per heavy atom. The number of hydrogen-bond acceptors (Lipinski definition) is 6.